The SMILES string of the molecule is CC1(C)CC(O)CC(C)(C)N1C1CO1. The Morgan fingerprint density at radius 1 is 1.14 bits per heavy atom. The molecule has 1 unspecified atom stereocenters. The first-order valence-electron chi connectivity index (χ1n) is 5.42. The van der Waals surface area contributed by atoms with Gasteiger partial charge in [0, 0.05) is 11.1 Å². The predicted octanol–water partition coefficient (Wildman–Crippen LogP) is 1.36. The summed E-state index contributed by atoms with van der Waals surface area (Å²) in [5, 5.41) is 9.83. The Hall–Kier alpha value is -0.120. The first-order valence-corrected chi connectivity index (χ1v) is 5.42. The summed E-state index contributed by atoms with van der Waals surface area (Å²) >= 11 is 0. The van der Waals surface area contributed by atoms with Crippen LogP contribution >= 0.6 is 0 Å². The van der Waals surface area contributed by atoms with Crippen LogP contribution < -0.4 is 0 Å². The average molecular weight is 199 g/mol. The van der Waals surface area contributed by atoms with Gasteiger partial charge in [0.15, 0.2) is 0 Å². The molecule has 2 aliphatic rings. The normalized spacial score (nSPS) is 37.1. The van der Waals surface area contributed by atoms with E-state index in [9.17, 15) is 5.11 Å². The van der Waals surface area contributed by atoms with E-state index in [1.54, 1.807) is 0 Å². The van der Waals surface area contributed by atoms with E-state index in [0.717, 1.165) is 19.4 Å². The Balaban J connectivity index is 2.23. The molecular weight excluding hydrogens is 178 g/mol. The Bertz CT molecular complexity index is 215. The summed E-state index contributed by atoms with van der Waals surface area (Å²) < 4.78 is 5.40. The summed E-state index contributed by atoms with van der Waals surface area (Å²) in [6.07, 6.45) is 1.80. The maximum absolute atomic E-state index is 9.83. The molecule has 82 valence electrons. The second kappa shape index (κ2) is 2.94. The zero-order valence-corrected chi connectivity index (χ0v) is 9.58. The van der Waals surface area contributed by atoms with Crippen molar-refractivity contribution in [1.82, 2.24) is 4.90 Å². The summed E-state index contributed by atoms with van der Waals surface area (Å²) in [7, 11) is 0. The van der Waals surface area contributed by atoms with E-state index in [2.05, 4.69) is 32.6 Å². The monoisotopic (exact) mass is 199 g/mol. The fourth-order valence-corrected chi connectivity index (χ4v) is 3.21. The maximum atomic E-state index is 9.83. The van der Waals surface area contributed by atoms with Gasteiger partial charge in [-0.05, 0) is 40.5 Å². The van der Waals surface area contributed by atoms with Crippen LogP contribution in [0.2, 0.25) is 0 Å². The summed E-state index contributed by atoms with van der Waals surface area (Å²) in [6.45, 7) is 9.62. The summed E-state index contributed by atoms with van der Waals surface area (Å²) in [5.41, 5.74) is 0.0880. The van der Waals surface area contributed by atoms with Crippen molar-refractivity contribution in [1.29, 1.82) is 0 Å². The molecular formula is C11H21NO2. The van der Waals surface area contributed by atoms with Crippen LogP contribution in [0.1, 0.15) is 40.5 Å². The minimum Gasteiger partial charge on any atom is -0.393 e. The molecule has 0 amide bonds. The number of aliphatic hydroxyl groups excluding tert-OH is 1. The van der Waals surface area contributed by atoms with Crippen molar-refractivity contribution < 1.29 is 9.84 Å². The zero-order chi connectivity index (χ0) is 10.6. The molecule has 2 heterocycles. The van der Waals surface area contributed by atoms with E-state index in [4.69, 9.17) is 4.74 Å². The molecule has 0 aliphatic carbocycles. The van der Waals surface area contributed by atoms with Crippen LogP contribution in [0.3, 0.4) is 0 Å². The number of likely N-dealkylation sites (tertiary alicyclic amines) is 1. The lowest BCUT2D eigenvalue weighted by Gasteiger charge is -2.53. The van der Waals surface area contributed by atoms with Crippen LogP contribution in [0.15, 0.2) is 0 Å². The third-order valence-electron chi connectivity index (χ3n) is 3.38. The number of hydrogen-bond acceptors (Lipinski definition) is 3. The molecule has 1 atom stereocenters. The standard InChI is InChI=1S/C11H21NO2/c1-10(2)5-8(13)6-11(3,4)12(10)9-7-14-9/h8-9,13H,5-7H2,1-4H3. The first kappa shape index (κ1) is 10.4. The number of rotatable bonds is 1. The minimum absolute atomic E-state index is 0.0440. The number of hydrogen-bond donors (Lipinski definition) is 1. The largest absolute Gasteiger partial charge is 0.393 e. The van der Waals surface area contributed by atoms with Crippen molar-refractivity contribution >= 4 is 0 Å². The van der Waals surface area contributed by atoms with Gasteiger partial charge in [0.05, 0.1) is 12.7 Å². The fraction of sp³-hybridized carbons (Fsp3) is 1.00. The average Bonchev–Trinajstić information content (AvgIpc) is 2.62. The highest BCUT2D eigenvalue weighted by Gasteiger charge is 2.51. The molecule has 0 aromatic carbocycles. The van der Waals surface area contributed by atoms with E-state index in [0.29, 0.717) is 0 Å². The van der Waals surface area contributed by atoms with Gasteiger partial charge in [0.1, 0.15) is 6.23 Å². The van der Waals surface area contributed by atoms with E-state index < -0.39 is 0 Å². The topological polar surface area (TPSA) is 36.0 Å². The van der Waals surface area contributed by atoms with Crippen molar-refractivity contribution in [3.05, 3.63) is 0 Å². The molecule has 2 fully saturated rings. The lowest BCUT2D eigenvalue weighted by atomic mass is 9.78. The second-order valence-electron chi connectivity index (χ2n) is 5.84. The van der Waals surface area contributed by atoms with Gasteiger partial charge in [-0.1, -0.05) is 0 Å². The van der Waals surface area contributed by atoms with Crippen LogP contribution in [0.5, 0.6) is 0 Å². The number of piperidine rings is 1. The van der Waals surface area contributed by atoms with E-state index >= 15 is 0 Å². The van der Waals surface area contributed by atoms with Gasteiger partial charge in [0.25, 0.3) is 0 Å². The molecule has 0 radical (unpaired) electrons. The highest BCUT2D eigenvalue weighted by Crippen LogP contribution is 2.42. The van der Waals surface area contributed by atoms with Crippen LogP contribution in [0, 0.1) is 0 Å². The molecule has 1 N–H and O–H groups in total. The van der Waals surface area contributed by atoms with Gasteiger partial charge < -0.3 is 9.84 Å². The second-order valence-corrected chi connectivity index (χ2v) is 5.84. The molecule has 3 heteroatoms. The number of aliphatic hydroxyl groups is 1. The Morgan fingerprint density at radius 3 is 1.93 bits per heavy atom. The Kier molecular flexibility index (Phi) is 2.18. The minimum atomic E-state index is -0.171. The number of ether oxygens (including phenoxy) is 1. The Morgan fingerprint density at radius 2 is 1.57 bits per heavy atom. The van der Waals surface area contributed by atoms with Crippen LogP contribution in [0.25, 0.3) is 0 Å². The van der Waals surface area contributed by atoms with Crippen LogP contribution in [-0.4, -0.2) is 40.0 Å². The van der Waals surface area contributed by atoms with Gasteiger partial charge >= 0.3 is 0 Å². The number of nitrogens with zero attached hydrogens (tertiary/aromatic N) is 1. The highest BCUT2D eigenvalue weighted by atomic mass is 16.6. The van der Waals surface area contributed by atoms with Crippen molar-refractivity contribution in [3.8, 4) is 0 Å². The van der Waals surface area contributed by atoms with Gasteiger partial charge in [-0.15, -0.1) is 0 Å². The Labute approximate surface area is 86.0 Å². The smallest absolute Gasteiger partial charge is 0.135 e. The van der Waals surface area contributed by atoms with Crippen LogP contribution in [-0.2, 0) is 4.74 Å². The molecule has 2 rings (SSSR count). The molecule has 2 aliphatic heterocycles. The molecule has 0 bridgehead atoms. The lowest BCUT2D eigenvalue weighted by Crippen LogP contribution is -2.62. The molecule has 14 heavy (non-hydrogen) atoms. The third-order valence-corrected chi connectivity index (χ3v) is 3.38. The van der Waals surface area contributed by atoms with E-state index in [-0.39, 0.29) is 23.4 Å². The predicted molar refractivity (Wildman–Crippen MR) is 55.0 cm³/mol. The summed E-state index contributed by atoms with van der Waals surface area (Å²) in [6, 6.07) is 0. The maximum Gasteiger partial charge on any atom is 0.135 e. The van der Waals surface area contributed by atoms with E-state index in [1.165, 1.54) is 0 Å². The molecule has 3 nitrogen and oxygen atoms in total. The van der Waals surface area contributed by atoms with Crippen molar-refractivity contribution in [2.45, 2.75) is 63.9 Å². The van der Waals surface area contributed by atoms with Crippen molar-refractivity contribution in [2.24, 2.45) is 0 Å². The number of epoxide rings is 1. The van der Waals surface area contributed by atoms with Crippen LogP contribution in [0.4, 0.5) is 0 Å². The molecule has 0 spiro atoms. The van der Waals surface area contributed by atoms with Gasteiger partial charge in [-0.2, -0.15) is 0 Å². The first-order chi connectivity index (χ1) is 6.33. The molecule has 0 aromatic heterocycles. The molecule has 0 aromatic rings. The third kappa shape index (κ3) is 1.69. The van der Waals surface area contributed by atoms with E-state index in [1.807, 2.05) is 0 Å². The van der Waals surface area contributed by atoms with Gasteiger partial charge in [0.2, 0.25) is 0 Å². The van der Waals surface area contributed by atoms with Gasteiger partial charge in [-0.25, -0.2) is 0 Å². The summed E-state index contributed by atoms with van der Waals surface area (Å²) in [5.74, 6) is 0. The molecule has 2 saturated heterocycles. The zero-order valence-electron chi connectivity index (χ0n) is 9.58. The highest BCUT2D eigenvalue weighted by molar-refractivity contribution is 5.03. The quantitative estimate of drug-likeness (QED) is 0.648. The summed E-state index contributed by atoms with van der Waals surface area (Å²) in [4.78, 5) is 2.42. The fourth-order valence-electron chi connectivity index (χ4n) is 3.21. The van der Waals surface area contributed by atoms with Crippen molar-refractivity contribution in [3.63, 3.8) is 0 Å². The lowest BCUT2D eigenvalue weighted by molar-refractivity contribution is -0.103. The molecule has 0 saturated carbocycles. The van der Waals surface area contributed by atoms with Gasteiger partial charge in [-0.3, -0.25) is 4.90 Å². The van der Waals surface area contributed by atoms with Crippen molar-refractivity contribution in [2.75, 3.05) is 6.61 Å².